The number of nitrogens with zero attached hydrogens (tertiary/aromatic N) is 1. The van der Waals surface area contributed by atoms with Crippen molar-refractivity contribution in [3.05, 3.63) is 47.3 Å². The number of benzene rings is 1. The third-order valence-electron chi connectivity index (χ3n) is 3.21. The molecule has 1 nitrogen and oxygen atoms in total. The van der Waals surface area contributed by atoms with Gasteiger partial charge in [0.05, 0.1) is 0 Å². The van der Waals surface area contributed by atoms with Crippen molar-refractivity contribution in [1.29, 1.82) is 0 Å². The first kappa shape index (κ1) is 9.27. The third-order valence-corrected chi connectivity index (χ3v) is 3.21. The minimum atomic E-state index is -0.195. The lowest BCUT2D eigenvalue weighted by Crippen LogP contribution is -2.24. The van der Waals surface area contributed by atoms with Crippen molar-refractivity contribution in [2.24, 2.45) is 0 Å². The zero-order valence-electron chi connectivity index (χ0n) is 8.37. The summed E-state index contributed by atoms with van der Waals surface area (Å²) < 4.78 is 0. The van der Waals surface area contributed by atoms with Gasteiger partial charge in [0.15, 0.2) is 0 Å². The van der Waals surface area contributed by atoms with Crippen LogP contribution in [0, 0.1) is 6.57 Å². The van der Waals surface area contributed by atoms with Gasteiger partial charge in [-0.2, -0.15) is 0 Å². The minimum absolute atomic E-state index is 0.195. The maximum atomic E-state index is 7.41. The number of hydrogen-bond donors (Lipinski definition) is 0. The summed E-state index contributed by atoms with van der Waals surface area (Å²) in [7, 11) is 0. The van der Waals surface area contributed by atoms with Gasteiger partial charge in [-0.1, -0.05) is 36.8 Å². The van der Waals surface area contributed by atoms with Gasteiger partial charge in [0, 0.05) is 18.4 Å². The van der Waals surface area contributed by atoms with Gasteiger partial charge in [-0.3, -0.25) is 0 Å². The molecule has 1 saturated carbocycles. The van der Waals surface area contributed by atoms with E-state index in [2.05, 4.69) is 17.0 Å². The first-order valence-electron chi connectivity index (χ1n) is 5.32. The Morgan fingerprint density at radius 3 is 2.21 bits per heavy atom. The van der Waals surface area contributed by atoms with E-state index in [1.165, 1.54) is 24.8 Å². The zero-order valence-corrected chi connectivity index (χ0v) is 8.37. The van der Waals surface area contributed by atoms with Crippen LogP contribution in [0.5, 0.6) is 0 Å². The molecular formula is C13H15N. The SMILES string of the molecule is [C-]#[N+]C1(c2ccccc2)CCCCC1. The highest BCUT2D eigenvalue weighted by molar-refractivity contribution is 5.28. The van der Waals surface area contributed by atoms with Gasteiger partial charge >= 0.3 is 0 Å². The lowest BCUT2D eigenvalue weighted by Gasteiger charge is -2.26. The molecule has 1 aliphatic carbocycles. The van der Waals surface area contributed by atoms with E-state index >= 15 is 0 Å². The second-order valence-corrected chi connectivity index (χ2v) is 4.07. The highest BCUT2D eigenvalue weighted by atomic mass is 14.8. The van der Waals surface area contributed by atoms with Crippen LogP contribution in [-0.4, -0.2) is 0 Å². The monoisotopic (exact) mass is 185 g/mol. The predicted molar refractivity (Wildman–Crippen MR) is 57.8 cm³/mol. The molecule has 72 valence electrons. The van der Waals surface area contributed by atoms with Crippen LogP contribution in [0.3, 0.4) is 0 Å². The summed E-state index contributed by atoms with van der Waals surface area (Å²) in [4.78, 5) is 3.90. The van der Waals surface area contributed by atoms with Crippen LogP contribution in [0.25, 0.3) is 4.85 Å². The van der Waals surface area contributed by atoms with Crippen molar-refractivity contribution in [2.45, 2.75) is 37.6 Å². The van der Waals surface area contributed by atoms with E-state index in [1.807, 2.05) is 18.2 Å². The molecule has 0 heterocycles. The van der Waals surface area contributed by atoms with Crippen LogP contribution in [0.15, 0.2) is 30.3 Å². The molecule has 0 saturated heterocycles. The summed E-state index contributed by atoms with van der Waals surface area (Å²) >= 11 is 0. The van der Waals surface area contributed by atoms with Crippen molar-refractivity contribution in [1.82, 2.24) is 0 Å². The number of hydrogen-bond acceptors (Lipinski definition) is 0. The van der Waals surface area contributed by atoms with Crippen LogP contribution in [0.1, 0.15) is 37.7 Å². The Kier molecular flexibility index (Phi) is 2.54. The fourth-order valence-corrected chi connectivity index (χ4v) is 2.35. The summed E-state index contributed by atoms with van der Waals surface area (Å²) in [6.07, 6.45) is 5.79. The third kappa shape index (κ3) is 1.53. The molecule has 0 amide bonds. The van der Waals surface area contributed by atoms with Crippen molar-refractivity contribution in [3.63, 3.8) is 0 Å². The molecule has 1 aromatic rings. The van der Waals surface area contributed by atoms with Crippen molar-refractivity contribution >= 4 is 0 Å². The van der Waals surface area contributed by atoms with Crippen LogP contribution in [-0.2, 0) is 5.54 Å². The molecule has 0 bridgehead atoms. The standard InChI is InChI=1S/C13H15N/c1-14-13(10-6-3-7-11-13)12-8-4-2-5-9-12/h2,4-5,8-9H,3,6-7,10-11H2. The average Bonchev–Trinajstić information content (AvgIpc) is 2.31. The fourth-order valence-electron chi connectivity index (χ4n) is 2.35. The lowest BCUT2D eigenvalue weighted by atomic mass is 9.77. The molecule has 0 aromatic heterocycles. The van der Waals surface area contributed by atoms with Gasteiger partial charge in [0.2, 0.25) is 0 Å². The van der Waals surface area contributed by atoms with E-state index in [0.29, 0.717) is 0 Å². The molecule has 1 aliphatic rings. The van der Waals surface area contributed by atoms with E-state index in [0.717, 1.165) is 12.8 Å². The Morgan fingerprint density at radius 2 is 1.64 bits per heavy atom. The Bertz CT molecular complexity index is 328. The van der Waals surface area contributed by atoms with Gasteiger partial charge in [-0.15, -0.1) is 0 Å². The average molecular weight is 185 g/mol. The van der Waals surface area contributed by atoms with Crippen LogP contribution >= 0.6 is 0 Å². The molecule has 0 N–H and O–H groups in total. The zero-order chi connectivity index (χ0) is 9.86. The smallest absolute Gasteiger partial charge is 0.257 e. The van der Waals surface area contributed by atoms with Gasteiger partial charge in [-0.25, -0.2) is 6.57 Å². The quantitative estimate of drug-likeness (QED) is 0.587. The molecular weight excluding hydrogens is 170 g/mol. The van der Waals surface area contributed by atoms with Gasteiger partial charge in [0.1, 0.15) is 0 Å². The van der Waals surface area contributed by atoms with Crippen molar-refractivity contribution < 1.29 is 0 Å². The van der Waals surface area contributed by atoms with Gasteiger partial charge in [-0.05, 0) is 12.8 Å². The lowest BCUT2D eigenvalue weighted by molar-refractivity contribution is 0.354. The Labute approximate surface area is 85.6 Å². The van der Waals surface area contributed by atoms with Crippen LogP contribution < -0.4 is 0 Å². The van der Waals surface area contributed by atoms with E-state index in [-0.39, 0.29) is 5.54 Å². The Balaban J connectivity index is 2.33. The number of rotatable bonds is 1. The maximum Gasteiger partial charge on any atom is 0.257 e. The summed E-state index contributed by atoms with van der Waals surface area (Å²) in [5.41, 5.74) is 1.02. The molecule has 1 fully saturated rings. The van der Waals surface area contributed by atoms with Crippen LogP contribution in [0.2, 0.25) is 0 Å². The highest BCUT2D eigenvalue weighted by Gasteiger charge is 2.39. The molecule has 14 heavy (non-hydrogen) atoms. The molecule has 0 aliphatic heterocycles. The molecule has 2 rings (SSSR count). The van der Waals surface area contributed by atoms with E-state index < -0.39 is 0 Å². The summed E-state index contributed by atoms with van der Waals surface area (Å²) in [6, 6.07) is 10.3. The molecule has 0 spiro atoms. The molecule has 1 aromatic carbocycles. The van der Waals surface area contributed by atoms with Crippen LogP contribution in [0.4, 0.5) is 0 Å². The van der Waals surface area contributed by atoms with E-state index in [4.69, 9.17) is 6.57 Å². The van der Waals surface area contributed by atoms with Gasteiger partial charge in [0.25, 0.3) is 5.54 Å². The van der Waals surface area contributed by atoms with Crippen molar-refractivity contribution in [3.8, 4) is 0 Å². The maximum absolute atomic E-state index is 7.41. The first-order chi connectivity index (χ1) is 6.87. The first-order valence-corrected chi connectivity index (χ1v) is 5.32. The van der Waals surface area contributed by atoms with E-state index in [9.17, 15) is 0 Å². The molecule has 0 unspecified atom stereocenters. The highest BCUT2D eigenvalue weighted by Crippen LogP contribution is 2.40. The summed E-state index contributed by atoms with van der Waals surface area (Å²) in [6.45, 7) is 7.41. The van der Waals surface area contributed by atoms with Gasteiger partial charge < -0.3 is 4.85 Å². The molecule has 1 heteroatoms. The molecule has 0 atom stereocenters. The Morgan fingerprint density at radius 1 is 1.00 bits per heavy atom. The van der Waals surface area contributed by atoms with E-state index in [1.54, 1.807) is 0 Å². The summed E-state index contributed by atoms with van der Waals surface area (Å²) in [5.74, 6) is 0. The minimum Gasteiger partial charge on any atom is -0.305 e. The Hall–Kier alpha value is -1.29. The summed E-state index contributed by atoms with van der Waals surface area (Å²) in [5, 5.41) is 0. The normalized spacial score (nSPS) is 19.9. The largest absolute Gasteiger partial charge is 0.305 e. The second kappa shape index (κ2) is 3.84. The second-order valence-electron chi connectivity index (χ2n) is 4.07. The fraction of sp³-hybridized carbons (Fsp3) is 0.462. The molecule has 0 radical (unpaired) electrons. The van der Waals surface area contributed by atoms with Crippen molar-refractivity contribution in [2.75, 3.05) is 0 Å². The predicted octanol–water partition coefficient (Wildman–Crippen LogP) is 3.77. The topological polar surface area (TPSA) is 4.36 Å².